The normalized spacial score (nSPS) is 11.5. The van der Waals surface area contributed by atoms with E-state index in [9.17, 15) is 36.0 Å². The zero-order chi connectivity index (χ0) is 32.8. The van der Waals surface area contributed by atoms with Crippen molar-refractivity contribution in [3.63, 3.8) is 0 Å². The smallest absolute Gasteiger partial charge is 0.433 e. The number of aromatic nitrogens is 2. The van der Waals surface area contributed by atoms with E-state index >= 15 is 0 Å². The predicted octanol–water partition coefficient (Wildman–Crippen LogP) is 4.71. The average Bonchev–Trinajstić information content (AvgIpc) is 3.30. The Morgan fingerprint density at radius 1 is 1.00 bits per heavy atom. The van der Waals surface area contributed by atoms with Gasteiger partial charge in [-0.25, -0.2) is 28.0 Å². The van der Waals surface area contributed by atoms with Gasteiger partial charge in [-0.15, -0.1) is 11.3 Å². The fourth-order valence-corrected chi connectivity index (χ4v) is 6.18. The highest BCUT2D eigenvalue weighted by atomic mass is 32.2. The number of ether oxygens (including phenoxy) is 4. The Bertz CT molecular complexity index is 1670. The molecule has 12 nitrogen and oxygen atoms in total. The molecule has 0 aliphatic carbocycles. The number of benzene rings is 1. The summed E-state index contributed by atoms with van der Waals surface area (Å²) in [5.41, 5.74) is -1.53. The van der Waals surface area contributed by atoms with Crippen molar-refractivity contribution in [1.29, 1.82) is 0 Å². The first-order valence-corrected chi connectivity index (χ1v) is 15.2. The minimum absolute atomic E-state index is 0.00830. The molecule has 3 aromatic rings. The van der Waals surface area contributed by atoms with Crippen LogP contribution in [0.1, 0.15) is 51.1 Å². The molecule has 238 valence electrons. The maximum atomic E-state index is 13.7. The summed E-state index contributed by atoms with van der Waals surface area (Å²) in [7, 11) is -0.696. The van der Waals surface area contributed by atoms with Crippen LogP contribution in [0, 0.1) is 6.92 Å². The van der Waals surface area contributed by atoms with Crippen molar-refractivity contribution in [2.75, 3.05) is 39.0 Å². The number of carbonyl (C=O) groups is 3. The molecule has 1 aromatic carbocycles. The van der Waals surface area contributed by atoms with Gasteiger partial charge in [-0.05, 0) is 50.1 Å². The lowest BCUT2D eigenvalue weighted by molar-refractivity contribution is -0.141. The second-order valence-corrected chi connectivity index (χ2v) is 12.0. The van der Waals surface area contributed by atoms with Gasteiger partial charge >= 0.3 is 18.1 Å². The largest absolute Gasteiger partial charge is 0.493 e. The molecule has 0 unspecified atom stereocenters. The number of nitrogens with zero attached hydrogens (tertiary/aromatic N) is 2. The third-order valence-corrected chi connectivity index (χ3v) is 8.77. The monoisotopic (exact) mass is 659 g/mol. The van der Waals surface area contributed by atoms with E-state index in [4.69, 9.17) is 18.9 Å². The third-order valence-electron chi connectivity index (χ3n) is 6.02. The number of esters is 2. The fraction of sp³-hybridized carbons (Fsp3) is 0.370. The van der Waals surface area contributed by atoms with Crippen LogP contribution >= 0.6 is 11.3 Å². The number of anilines is 1. The molecule has 0 saturated heterocycles. The second-order valence-electron chi connectivity index (χ2n) is 8.93. The molecule has 0 spiro atoms. The number of amides is 1. The maximum absolute atomic E-state index is 13.7. The van der Waals surface area contributed by atoms with Gasteiger partial charge in [-0.1, -0.05) is 0 Å². The molecule has 0 radical (unpaired) electrons. The van der Waals surface area contributed by atoms with E-state index < -0.39 is 56.9 Å². The van der Waals surface area contributed by atoms with E-state index in [1.807, 2.05) is 0 Å². The number of rotatable bonds is 12. The molecular formula is C27H28F3N3O9S2. The van der Waals surface area contributed by atoms with Gasteiger partial charge in [0.1, 0.15) is 15.6 Å². The van der Waals surface area contributed by atoms with Gasteiger partial charge in [0.15, 0.2) is 11.5 Å². The molecule has 3 rings (SSSR count). The number of carbonyl (C=O) groups excluding carboxylic acids is 3. The molecule has 0 fully saturated rings. The lowest BCUT2D eigenvalue weighted by Gasteiger charge is -2.13. The molecule has 1 N–H and O–H groups in total. The third kappa shape index (κ3) is 7.82. The highest BCUT2D eigenvalue weighted by Crippen LogP contribution is 2.36. The Morgan fingerprint density at radius 2 is 1.68 bits per heavy atom. The average molecular weight is 660 g/mol. The van der Waals surface area contributed by atoms with Crippen molar-refractivity contribution >= 4 is 44.0 Å². The van der Waals surface area contributed by atoms with Gasteiger partial charge in [0, 0.05) is 12.0 Å². The summed E-state index contributed by atoms with van der Waals surface area (Å²) >= 11 is 0.781. The summed E-state index contributed by atoms with van der Waals surface area (Å²) in [5.74, 6) is -2.55. The molecule has 1 amide bonds. The van der Waals surface area contributed by atoms with E-state index in [2.05, 4.69) is 15.3 Å². The molecule has 0 aliphatic heterocycles. The molecule has 17 heteroatoms. The summed E-state index contributed by atoms with van der Waals surface area (Å²) in [6, 6.07) is 4.75. The first kappa shape index (κ1) is 34.2. The molecule has 0 saturated carbocycles. The van der Waals surface area contributed by atoms with Crippen LogP contribution in [-0.4, -0.2) is 69.9 Å². The Labute approximate surface area is 254 Å². The maximum Gasteiger partial charge on any atom is 0.433 e. The topological polar surface area (TPSA) is 160 Å². The lowest BCUT2D eigenvalue weighted by Crippen LogP contribution is -2.18. The number of sulfone groups is 1. The summed E-state index contributed by atoms with van der Waals surface area (Å²) in [4.78, 5) is 44.5. The zero-order valence-electron chi connectivity index (χ0n) is 24.2. The van der Waals surface area contributed by atoms with Crippen LogP contribution in [0.2, 0.25) is 0 Å². The molecule has 2 aromatic heterocycles. The lowest BCUT2D eigenvalue weighted by atomic mass is 10.1. The number of hydrogen-bond donors (Lipinski definition) is 1. The number of alkyl halides is 3. The van der Waals surface area contributed by atoms with Crippen LogP contribution in [-0.2, 0) is 30.3 Å². The first-order valence-electron chi connectivity index (χ1n) is 12.8. The van der Waals surface area contributed by atoms with Gasteiger partial charge in [0.2, 0.25) is 20.9 Å². The van der Waals surface area contributed by atoms with Crippen molar-refractivity contribution in [1.82, 2.24) is 9.97 Å². The SMILES string of the molecule is CCOC(=O)c1sc(NC(=O)CCCS(=O)(=O)c2nc(-c3ccc(OC)c(OC)c3)cc(C(F)(F)F)n2)c(C(=O)OC)c1C. The summed E-state index contributed by atoms with van der Waals surface area (Å²) in [5, 5.41) is 1.38. The van der Waals surface area contributed by atoms with E-state index in [0.717, 1.165) is 18.4 Å². The Morgan fingerprint density at radius 3 is 2.27 bits per heavy atom. The zero-order valence-corrected chi connectivity index (χ0v) is 25.8. The van der Waals surface area contributed by atoms with Crippen LogP contribution in [0.25, 0.3) is 11.3 Å². The van der Waals surface area contributed by atoms with Crippen molar-refractivity contribution < 1.29 is 54.9 Å². The second kappa shape index (κ2) is 14.0. The molecule has 0 atom stereocenters. The first-order chi connectivity index (χ1) is 20.7. The minimum Gasteiger partial charge on any atom is -0.493 e. The van der Waals surface area contributed by atoms with Crippen molar-refractivity contribution in [3.05, 3.63) is 46.0 Å². The number of halogens is 3. The van der Waals surface area contributed by atoms with Gasteiger partial charge in [-0.3, -0.25) is 4.79 Å². The van der Waals surface area contributed by atoms with Crippen LogP contribution in [0.5, 0.6) is 11.5 Å². The van der Waals surface area contributed by atoms with Crippen molar-refractivity contribution in [3.8, 4) is 22.8 Å². The predicted molar refractivity (Wildman–Crippen MR) is 152 cm³/mol. The van der Waals surface area contributed by atoms with E-state index in [-0.39, 0.29) is 51.0 Å². The van der Waals surface area contributed by atoms with Crippen LogP contribution in [0.4, 0.5) is 18.2 Å². The number of hydrogen-bond acceptors (Lipinski definition) is 12. The number of methoxy groups -OCH3 is 3. The van der Waals surface area contributed by atoms with E-state index in [1.165, 1.54) is 39.3 Å². The Balaban J connectivity index is 1.83. The molecule has 2 heterocycles. The highest BCUT2D eigenvalue weighted by Gasteiger charge is 2.35. The molecular weight excluding hydrogens is 631 g/mol. The molecule has 0 aliphatic rings. The van der Waals surface area contributed by atoms with Gasteiger partial charge in [0.05, 0.1) is 44.9 Å². The van der Waals surface area contributed by atoms with Crippen molar-refractivity contribution in [2.24, 2.45) is 0 Å². The standard InChI is InChI=1S/C27H28F3N3O9S2/c1-6-42-25(36)22-14(2)21(24(35)41-5)23(43-22)33-20(34)8-7-11-44(37,38)26-31-16(13-19(32-26)27(28,29)30)15-9-10-17(39-3)18(12-15)40-4/h9-10,12-13H,6-8,11H2,1-5H3,(H,33,34). The number of thiophene rings is 1. The highest BCUT2D eigenvalue weighted by molar-refractivity contribution is 7.91. The Kier molecular flexibility index (Phi) is 10.9. The quantitative estimate of drug-likeness (QED) is 0.212. The van der Waals surface area contributed by atoms with Crippen LogP contribution in [0.3, 0.4) is 0 Å². The summed E-state index contributed by atoms with van der Waals surface area (Å²) < 4.78 is 87.1. The summed E-state index contributed by atoms with van der Waals surface area (Å²) in [6.07, 6.45) is -5.73. The number of nitrogens with one attached hydrogen (secondary N) is 1. The summed E-state index contributed by atoms with van der Waals surface area (Å²) in [6.45, 7) is 3.15. The van der Waals surface area contributed by atoms with Crippen LogP contribution < -0.4 is 14.8 Å². The molecule has 44 heavy (non-hydrogen) atoms. The van der Waals surface area contributed by atoms with Crippen molar-refractivity contribution in [2.45, 2.75) is 38.0 Å². The molecule has 0 bridgehead atoms. The fourth-order valence-electron chi connectivity index (χ4n) is 3.90. The van der Waals surface area contributed by atoms with E-state index in [0.29, 0.717) is 11.8 Å². The van der Waals surface area contributed by atoms with Gasteiger partial charge < -0.3 is 24.3 Å². The van der Waals surface area contributed by atoms with Gasteiger partial charge in [-0.2, -0.15) is 13.2 Å². The Hall–Kier alpha value is -4.25. The minimum atomic E-state index is -4.99. The van der Waals surface area contributed by atoms with Crippen LogP contribution in [0.15, 0.2) is 29.4 Å². The van der Waals surface area contributed by atoms with Gasteiger partial charge in [0.25, 0.3) is 0 Å². The van der Waals surface area contributed by atoms with E-state index in [1.54, 1.807) is 6.92 Å².